The summed E-state index contributed by atoms with van der Waals surface area (Å²) in [4.78, 5) is 23.7. The van der Waals surface area contributed by atoms with Crippen LogP contribution < -0.4 is 0 Å². The monoisotopic (exact) mass is 336 g/mol. The zero-order valence-electron chi connectivity index (χ0n) is 14.4. The van der Waals surface area contributed by atoms with Gasteiger partial charge < -0.3 is 19.3 Å². The number of carbonyl (C=O) groups excluding carboxylic acids is 2. The molecule has 0 radical (unpaired) electrons. The first-order valence-electron chi connectivity index (χ1n) is 8.18. The lowest BCUT2D eigenvalue weighted by atomic mass is 9.75. The minimum absolute atomic E-state index is 0.196. The topological polar surface area (TPSA) is 82.1 Å². The van der Waals surface area contributed by atoms with Crippen molar-refractivity contribution in [2.24, 2.45) is 17.8 Å². The van der Waals surface area contributed by atoms with Gasteiger partial charge in [-0.3, -0.25) is 4.79 Å². The Balaban J connectivity index is 2.09. The van der Waals surface area contributed by atoms with Crippen molar-refractivity contribution < 1.29 is 28.9 Å². The molecule has 2 fully saturated rings. The van der Waals surface area contributed by atoms with E-state index in [4.69, 9.17) is 14.2 Å². The van der Waals surface area contributed by atoms with Crippen LogP contribution in [0.25, 0.3) is 0 Å². The number of aliphatic hydroxyl groups is 1. The summed E-state index contributed by atoms with van der Waals surface area (Å²) in [7, 11) is 1.60. The molecule has 1 N–H and O–H groups in total. The van der Waals surface area contributed by atoms with Crippen molar-refractivity contribution in [3.05, 3.63) is 23.8 Å². The Morgan fingerprint density at radius 1 is 1.46 bits per heavy atom. The quantitative estimate of drug-likeness (QED) is 0.466. The number of rotatable bonds is 2. The maximum Gasteiger partial charge on any atom is 0.334 e. The van der Waals surface area contributed by atoms with Crippen LogP contribution in [0.2, 0.25) is 0 Å². The number of hydrogen-bond donors (Lipinski definition) is 1. The summed E-state index contributed by atoms with van der Waals surface area (Å²) in [6.07, 6.45) is 0.726. The molecular weight excluding hydrogens is 312 g/mol. The highest BCUT2D eigenvalue weighted by Gasteiger charge is 2.61. The van der Waals surface area contributed by atoms with E-state index in [0.717, 1.165) is 5.57 Å². The minimum atomic E-state index is -1.14. The molecule has 0 aromatic heterocycles. The van der Waals surface area contributed by atoms with Gasteiger partial charge in [0, 0.05) is 37.9 Å². The van der Waals surface area contributed by atoms with Gasteiger partial charge in [-0.25, -0.2) is 4.79 Å². The third-order valence-electron chi connectivity index (χ3n) is 5.63. The van der Waals surface area contributed by atoms with Gasteiger partial charge in [-0.05, 0) is 13.8 Å². The fourth-order valence-electron chi connectivity index (χ4n) is 4.72. The summed E-state index contributed by atoms with van der Waals surface area (Å²) in [5.74, 6) is -1.85. The highest BCUT2D eigenvalue weighted by Crippen LogP contribution is 2.53. The smallest absolute Gasteiger partial charge is 0.334 e. The van der Waals surface area contributed by atoms with Crippen LogP contribution in [0.3, 0.4) is 0 Å². The fraction of sp³-hybridized carbons (Fsp3) is 0.667. The van der Waals surface area contributed by atoms with Crippen molar-refractivity contribution >= 4 is 11.9 Å². The van der Waals surface area contributed by atoms with Crippen molar-refractivity contribution in [1.82, 2.24) is 0 Å². The van der Waals surface area contributed by atoms with Crippen LogP contribution in [0.5, 0.6) is 0 Å². The first kappa shape index (κ1) is 17.2. The lowest BCUT2D eigenvalue weighted by molar-refractivity contribution is -0.152. The Hall–Kier alpha value is -1.66. The molecule has 1 aliphatic heterocycles. The van der Waals surface area contributed by atoms with Gasteiger partial charge in [0.2, 0.25) is 0 Å². The van der Waals surface area contributed by atoms with E-state index >= 15 is 0 Å². The zero-order chi connectivity index (χ0) is 17.8. The Morgan fingerprint density at radius 3 is 2.71 bits per heavy atom. The first-order valence-corrected chi connectivity index (χ1v) is 8.18. The van der Waals surface area contributed by atoms with Crippen molar-refractivity contribution in [3.8, 4) is 0 Å². The highest BCUT2D eigenvalue weighted by atomic mass is 16.6. The second-order valence-electron chi connectivity index (χ2n) is 7.29. The molecule has 3 rings (SSSR count). The first-order chi connectivity index (χ1) is 11.2. The van der Waals surface area contributed by atoms with E-state index in [1.165, 1.54) is 6.92 Å². The molecule has 3 aliphatic rings. The minimum Gasteiger partial charge on any atom is -0.462 e. The Labute approximate surface area is 141 Å². The van der Waals surface area contributed by atoms with Crippen molar-refractivity contribution in [1.29, 1.82) is 0 Å². The van der Waals surface area contributed by atoms with E-state index < -0.39 is 35.7 Å². The molecule has 1 saturated heterocycles. The predicted octanol–water partition coefficient (Wildman–Crippen LogP) is 1.38. The normalized spacial score (nSPS) is 44.3. The molecule has 2 aliphatic carbocycles. The molecule has 24 heavy (non-hydrogen) atoms. The van der Waals surface area contributed by atoms with E-state index in [0.29, 0.717) is 5.57 Å². The van der Waals surface area contributed by atoms with Gasteiger partial charge in [-0.15, -0.1) is 0 Å². The molecule has 0 bridgehead atoms. The fourth-order valence-corrected chi connectivity index (χ4v) is 4.72. The summed E-state index contributed by atoms with van der Waals surface area (Å²) in [5.41, 5.74) is 0.168. The van der Waals surface area contributed by atoms with Gasteiger partial charge in [-0.2, -0.15) is 0 Å². The van der Waals surface area contributed by atoms with E-state index in [2.05, 4.69) is 6.58 Å². The maximum atomic E-state index is 12.1. The molecule has 2 unspecified atom stereocenters. The average Bonchev–Trinajstić information content (AvgIpc) is 2.92. The molecule has 1 heterocycles. The van der Waals surface area contributed by atoms with E-state index in [1.54, 1.807) is 14.0 Å². The van der Waals surface area contributed by atoms with E-state index in [-0.39, 0.29) is 24.4 Å². The van der Waals surface area contributed by atoms with Gasteiger partial charge >= 0.3 is 11.9 Å². The molecule has 132 valence electrons. The summed E-state index contributed by atoms with van der Waals surface area (Å²) < 4.78 is 16.6. The molecule has 6 nitrogen and oxygen atoms in total. The molecule has 0 amide bonds. The summed E-state index contributed by atoms with van der Waals surface area (Å²) in [5, 5.41) is 11.2. The average molecular weight is 336 g/mol. The van der Waals surface area contributed by atoms with Crippen LogP contribution in [-0.4, -0.2) is 48.1 Å². The van der Waals surface area contributed by atoms with Gasteiger partial charge in [-0.1, -0.05) is 18.2 Å². The van der Waals surface area contributed by atoms with E-state index in [1.807, 2.05) is 13.0 Å². The second kappa shape index (κ2) is 5.70. The van der Waals surface area contributed by atoms with Crippen molar-refractivity contribution in [2.75, 3.05) is 7.11 Å². The Morgan fingerprint density at radius 2 is 2.12 bits per heavy atom. The SMILES string of the molecule is C=C1C(=O)O[C@@H]2C3C(C)=C[C@H](OC)C3[C@](C)(O)C[C@H](OC(C)=O)[C@@H]12. The molecule has 0 aromatic carbocycles. The van der Waals surface area contributed by atoms with Crippen LogP contribution in [0, 0.1) is 17.8 Å². The number of ether oxygens (including phenoxy) is 3. The van der Waals surface area contributed by atoms with Gasteiger partial charge in [0.25, 0.3) is 0 Å². The molecular formula is C18H24O6. The second-order valence-corrected chi connectivity index (χ2v) is 7.29. The summed E-state index contributed by atoms with van der Waals surface area (Å²) in [6, 6.07) is 0. The number of methoxy groups -OCH3 is 1. The zero-order valence-corrected chi connectivity index (χ0v) is 14.4. The van der Waals surface area contributed by atoms with Crippen LogP contribution in [0.15, 0.2) is 23.8 Å². The van der Waals surface area contributed by atoms with Gasteiger partial charge in [0.05, 0.1) is 17.6 Å². The lowest BCUT2D eigenvalue weighted by Crippen LogP contribution is -2.46. The lowest BCUT2D eigenvalue weighted by Gasteiger charge is -2.37. The number of carbonyl (C=O) groups is 2. The van der Waals surface area contributed by atoms with Gasteiger partial charge in [0.15, 0.2) is 0 Å². The van der Waals surface area contributed by atoms with Crippen molar-refractivity contribution in [2.45, 2.75) is 51.1 Å². The number of esters is 2. The van der Waals surface area contributed by atoms with Gasteiger partial charge in [0.1, 0.15) is 12.2 Å². The Kier molecular flexibility index (Phi) is 4.08. The molecule has 6 heteroatoms. The third-order valence-corrected chi connectivity index (χ3v) is 5.63. The molecule has 0 aromatic rings. The van der Waals surface area contributed by atoms with Crippen LogP contribution in [0.4, 0.5) is 0 Å². The van der Waals surface area contributed by atoms with Crippen LogP contribution in [0.1, 0.15) is 27.2 Å². The largest absolute Gasteiger partial charge is 0.462 e. The molecule has 0 spiro atoms. The van der Waals surface area contributed by atoms with Crippen LogP contribution >= 0.6 is 0 Å². The highest BCUT2D eigenvalue weighted by molar-refractivity contribution is 5.91. The van der Waals surface area contributed by atoms with Crippen LogP contribution in [-0.2, 0) is 23.8 Å². The molecule has 1 saturated carbocycles. The van der Waals surface area contributed by atoms with Crippen molar-refractivity contribution in [3.63, 3.8) is 0 Å². The molecule has 7 atom stereocenters. The third kappa shape index (κ3) is 2.48. The summed E-state index contributed by atoms with van der Waals surface area (Å²) in [6.45, 7) is 8.84. The predicted molar refractivity (Wildman–Crippen MR) is 84.8 cm³/mol. The summed E-state index contributed by atoms with van der Waals surface area (Å²) >= 11 is 0. The van der Waals surface area contributed by atoms with E-state index in [9.17, 15) is 14.7 Å². The number of fused-ring (bicyclic) bond motifs is 3. The maximum absolute atomic E-state index is 12.1. The Bertz CT molecular complexity index is 619. The standard InChI is InChI=1S/C18H24O6/c1-8-6-11(22-5)15-13(8)16-14(9(2)17(20)24-16)12(23-10(3)19)7-18(15,4)21/h6,11-16,21H,2,7H2,1,3-5H3/t11-,12-,13?,14+,15?,16+,18+/m0/s1. The number of hydrogen-bond acceptors (Lipinski definition) is 6.